The van der Waals surface area contributed by atoms with E-state index in [9.17, 15) is 4.79 Å². The highest BCUT2D eigenvalue weighted by molar-refractivity contribution is 5.75. The van der Waals surface area contributed by atoms with E-state index in [-0.39, 0.29) is 20.4 Å². The molecule has 111 valence electrons. The van der Waals surface area contributed by atoms with Crippen LogP contribution in [0.1, 0.15) is 74.1 Å². The summed E-state index contributed by atoms with van der Waals surface area (Å²) in [5.41, 5.74) is 1.55. The first-order chi connectivity index (χ1) is 8.16. The van der Waals surface area contributed by atoms with Gasteiger partial charge in [0.15, 0.2) is 0 Å². The molecular weight excluding hydrogens is 229 g/mol. The van der Waals surface area contributed by atoms with Gasteiger partial charge in [-0.1, -0.05) is 48.0 Å². The molecule has 0 aliphatic carbocycles. The number of unbranched alkanes of at least 4 members (excludes halogenated alkanes) is 1. The second-order valence-electron chi connectivity index (χ2n) is 2.63. The van der Waals surface area contributed by atoms with Crippen molar-refractivity contribution in [2.24, 2.45) is 0 Å². The highest BCUT2D eigenvalue weighted by Crippen LogP contribution is 2.02. The monoisotopic (exact) mass is 262 g/mol. The number of carbonyl (C=O) groups excluding carboxylic acids is 1. The van der Waals surface area contributed by atoms with Crippen molar-refractivity contribution in [2.75, 3.05) is 0 Å². The van der Waals surface area contributed by atoms with Gasteiger partial charge in [0.25, 0.3) is 0 Å². The summed E-state index contributed by atoms with van der Waals surface area (Å²) in [6.45, 7) is 13.7. The van der Waals surface area contributed by atoms with Crippen molar-refractivity contribution in [3.8, 4) is 0 Å². The number of aliphatic hydroxyl groups is 1. The van der Waals surface area contributed by atoms with E-state index >= 15 is 0 Å². The average Bonchev–Trinajstić information content (AvgIpc) is 2.41. The van der Waals surface area contributed by atoms with Crippen LogP contribution in [0.15, 0.2) is 0 Å². The molecule has 5 heteroatoms. The fraction of sp³-hybridized carbons (Fsp3) is 0.923. The van der Waals surface area contributed by atoms with Gasteiger partial charge in [0.2, 0.25) is 5.91 Å². The van der Waals surface area contributed by atoms with Gasteiger partial charge in [-0.25, -0.2) is 5.48 Å². The van der Waals surface area contributed by atoms with Gasteiger partial charge in [-0.3, -0.25) is 10.0 Å². The van der Waals surface area contributed by atoms with E-state index in [4.69, 9.17) is 10.3 Å². The van der Waals surface area contributed by atoms with Gasteiger partial charge in [-0.05, 0) is 19.8 Å². The molecule has 0 saturated carbocycles. The normalized spacial score (nSPS) is 8.72. The highest BCUT2D eigenvalue weighted by Gasteiger charge is 1.99. The molecule has 0 bridgehead atoms. The molecule has 0 aliphatic rings. The Labute approximate surface area is 116 Å². The first kappa shape index (κ1) is 30.5. The van der Waals surface area contributed by atoms with Crippen molar-refractivity contribution < 1.29 is 15.1 Å². The molecule has 18 heavy (non-hydrogen) atoms. The molecule has 0 aliphatic heterocycles. The quantitative estimate of drug-likeness (QED) is 0.308. The van der Waals surface area contributed by atoms with Crippen LogP contribution in [0.5, 0.6) is 0 Å². The summed E-state index contributed by atoms with van der Waals surface area (Å²) < 4.78 is 0. The lowest BCUT2D eigenvalue weighted by molar-refractivity contribution is -0.129. The Morgan fingerprint density at radius 1 is 1.06 bits per heavy atom. The van der Waals surface area contributed by atoms with Crippen LogP contribution in [0.4, 0.5) is 0 Å². The zero-order valence-corrected chi connectivity index (χ0v) is 13.3. The fourth-order valence-electron chi connectivity index (χ4n) is 0.781. The van der Waals surface area contributed by atoms with Gasteiger partial charge < -0.3 is 5.11 Å². The molecule has 0 aromatic carbocycles. The van der Waals surface area contributed by atoms with Gasteiger partial charge in [-0.2, -0.15) is 0 Å². The Bertz CT molecular complexity index is 123. The zero-order valence-electron chi connectivity index (χ0n) is 13.3. The van der Waals surface area contributed by atoms with Crippen LogP contribution < -0.4 is 5.48 Å². The van der Waals surface area contributed by atoms with Crippen LogP contribution >= 0.6 is 0 Å². The number of rotatable bonds is 5. The summed E-state index contributed by atoms with van der Waals surface area (Å²) in [6, 6.07) is 0. The zero-order chi connectivity index (χ0) is 14.7. The largest absolute Gasteiger partial charge is 0.393 e. The highest BCUT2D eigenvalue weighted by atomic mass is 16.5. The number of hydroxylamine groups is 1. The molecule has 0 heterocycles. The van der Waals surface area contributed by atoms with Crippen LogP contribution in [0.25, 0.3) is 0 Å². The summed E-state index contributed by atoms with van der Waals surface area (Å²) in [7, 11) is 0. The molecule has 0 spiro atoms. The average molecular weight is 262 g/mol. The molecule has 1 amide bonds. The molecule has 0 aromatic heterocycles. The predicted molar refractivity (Wildman–Crippen MR) is 79.9 cm³/mol. The van der Waals surface area contributed by atoms with Crippen molar-refractivity contribution in [1.82, 2.24) is 5.48 Å². The van der Waals surface area contributed by atoms with E-state index in [1.807, 2.05) is 41.5 Å². The predicted octanol–water partition coefficient (Wildman–Crippen LogP) is 3.13. The van der Waals surface area contributed by atoms with Gasteiger partial charge in [0, 0.05) is 14.8 Å². The summed E-state index contributed by atoms with van der Waals surface area (Å²) in [5, 5.41) is 16.9. The molecule has 0 aromatic rings. The Balaban J connectivity index is -0.0000000700. The third-order valence-electron chi connectivity index (χ3n) is 1.40. The van der Waals surface area contributed by atoms with E-state index < -0.39 is 0 Å². The Hall–Kier alpha value is -0.545. The van der Waals surface area contributed by atoms with Crippen LogP contribution in [-0.2, 0) is 4.79 Å². The molecule has 0 rings (SSSR count). The van der Waals surface area contributed by atoms with E-state index in [1.54, 1.807) is 12.4 Å². The van der Waals surface area contributed by atoms with Crippen LogP contribution in [0, 0.1) is 0 Å². The minimum Gasteiger partial charge on any atom is -0.393 e. The van der Waals surface area contributed by atoms with Gasteiger partial charge >= 0.3 is 0 Å². The molecule has 3 radical (unpaired) electrons. The summed E-state index contributed by atoms with van der Waals surface area (Å²) in [4.78, 5) is 10.4. The summed E-state index contributed by atoms with van der Waals surface area (Å²) in [5.74, 6) is -0.365. The Morgan fingerprint density at radius 3 is 1.72 bits per heavy atom. The van der Waals surface area contributed by atoms with Crippen LogP contribution in [0.2, 0.25) is 0 Å². The molecule has 3 N–H and O–H groups in total. The summed E-state index contributed by atoms with van der Waals surface area (Å²) >= 11 is 0. The van der Waals surface area contributed by atoms with Crippen molar-refractivity contribution in [1.29, 1.82) is 0 Å². The second-order valence-corrected chi connectivity index (χ2v) is 2.63. The standard InChI is InChI=1S/C7H15NO3.3C2H6.B/c1-6(9)4-2-3-5-7(10)8-11;3*1-2;/h6,9,11H,2-5H2,1H3,(H,8,10);3*1-2H3;/t6-;;;;/m0..../s1. The third kappa shape index (κ3) is 45.2. The molecule has 1 atom stereocenters. The molecular formula is C13H33BNO3. The number of hydrogen-bond donors (Lipinski definition) is 3. The maximum Gasteiger partial charge on any atom is 0.243 e. The van der Waals surface area contributed by atoms with E-state index in [0.717, 1.165) is 6.42 Å². The third-order valence-corrected chi connectivity index (χ3v) is 1.40. The maximum atomic E-state index is 10.4. The lowest BCUT2D eigenvalue weighted by Crippen LogP contribution is -2.17. The van der Waals surface area contributed by atoms with Crippen LogP contribution in [0.3, 0.4) is 0 Å². The minimum absolute atomic E-state index is 0. The first-order valence-electron chi connectivity index (χ1n) is 6.78. The number of hydrogen-bond acceptors (Lipinski definition) is 3. The maximum absolute atomic E-state index is 10.4. The number of amides is 1. The summed E-state index contributed by atoms with van der Waals surface area (Å²) in [6.07, 6.45) is 2.25. The molecule has 0 fully saturated rings. The second kappa shape index (κ2) is 36.0. The Kier molecular flexibility index (Phi) is 60.9. The minimum atomic E-state index is -0.365. The van der Waals surface area contributed by atoms with Crippen molar-refractivity contribution in [3.63, 3.8) is 0 Å². The number of aliphatic hydroxyl groups excluding tert-OH is 1. The lowest BCUT2D eigenvalue weighted by atomic mass is 10.1. The lowest BCUT2D eigenvalue weighted by Gasteiger charge is -2.02. The van der Waals surface area contributed by atoms with E-state index in [2.05, 4.69) is 0 Å². The number of nitrogens with one attached hydrogen (secondary N) is 1. The fourth-order valence-corrected chi connectivity index (χ4v) is 0.781. The van der Waals surface area contributed by atoms with Crippen LogP contribution in [-0.4, -0.2) is 30.7 Å². The first-order valence-corrected chi connectivity index (χ1v) is 6.78. The topological polar surface area (TPSA) is 69.6 Å². The smallest absolute Gasteiger partial charge is 0.243 e. The molecule has 0 unspecified atom stereocenters. The number of carbonyl (C=O) groups is 1. The van der Waals surface area contributed by atoms with Gasteiger partial charge in [0.05, 0.1) is 6.10 Å². The SMILES string of the molecule is CC.CC.CC.C[C@H](O)CCCCC(=O)NO.[B]. The van der Waals surface area contributed by atoms with Crippen molar-refractivity contribution in [3.05, 3.63) is 0 Å². The van der Waals surface area contributed by atoms with E-state index in [0.29, 0.717) is 19.3 Å². The van der Waals surface area contributed by atoms with Gasteiger partial charge in [0.1, 0.15) is 0 Å². The molecule has 0 saturated heterocycles. The van der Waals surface area contributed by atoms with Gasteiger partial charge in [-0.15, -0.1) is 0 Å². The Morgan fingerprint density at radius 2 is 1.44 bits per heavy atom. The van der Waals surface area contributed by atoms with E-state index in [1.165, 1.54) is 0 Å². The van der Waals surface area contributed by atoms with Crippen molar-refractivity contribution >= 4 is 14.3 Å². The van der Waals surface area contributed by atoms with Crippen molar-refractivity contribution in [2.45, 2.75) is 80.3 Å². The molecule has 4 nitrogen and oxygen atoms in total.